The molecule has 2 atom stereocenters. The molecule has 0 bridgehead atoms. The number of carboxylic acids is 1. The molecule has 3 N–H and O–H groups in total. The number of carbonyl (C=O) groups is 2. The van der Waals surface area contributed by atoms with Gasteiger partial charge in [-0.2, -0.15) is 15.4 Å². The number of nitrogens with one attached hydrogen (secondary N) is 2. The van der Waals surface area contributed by atoms with Gasteiger partial charge in [-0.1, -0.05) is 55.6 Å². The van der Waals surface area contributed by atoms with Gasteiger partial charge in [0.15, 0.2) is 5.69 Å². The minimum Gasteiger partial charge on any atom is -0.481 e. The van der Waals surface area contributed by atoms with E-state index in [0.29, 0.717) is 29.2 Å². The average molecular weight is 531 g/mol. The van der Waals surface area contributed by atoms with Crippen LogP contribution in [0.5, 0.6) is 0 Å². The van der Waals surface area contributed by atoms with Crippen molar-refractivity contribution < 1.29 is 23.8 Å². The van der Waals surface area contributed by atoms with Crippen molar-refractivity contribution in [3.05, 3.63) is 70.8 Å². The highest BCUT2D eigenvalue weighted by molar-refractivity contribution is 6.30. The zero-order valence-electron chi connectivity index (χ0n) is 21.0. The molecule has 0 aliphatic rings. The van der Waals surface area contributed by atoms with Gasteiger partial charge in [0, 0.05) is 23.2 Å². The first-order chi connectivity index (χ1) is 17.7. The van der Waals surface area contributed by atoms with Crippen LogP contribution in [0.4, 0.5) is 4.39 Å². The molecule has 1 amide bonds. The van der Waals surface area contributed by atoms with Crippen molar-refractivity contribution in [2.75, 3.05) is 13.2 Å². The quantitative estimate of drug-likeness (QED) is 0.244. The number of rotatable bonds is 14. The van der Waals surface area contributed by atoms with Crippen LogP contribution >= 0.6 is 11.6 Å². The van der Waals surface area contributed by atoms with E-state index >= 15 is 0 Å². The van der Waals surface area contributed by atoms with Crippen LogP contribution in [0.25, 0.3) is 11.1 Å². The van der Waals surface area contributed by atoms with Crippen LogP contribution in [0, 0.1) is 11.2 Å². The Morgan fingerprint density at radius 1 is 1.22 bits per heavy atom. The van der Waals surface area contributed by atoms with Gasteiger partial charge in [0.2, 0.25) is 0 Å². The molecule has 8 nitrogen and oxygen atoms in total. The number of aromatic nitrogens is 3. The summed E-state index contributed by atoms with van der Waals surface area (Å²) in [7, 11) is 0. The first kappa shape index (κ1) is 28.3. The predicted molar refractivity (Wildman–Crippen MR) is 139 cm³/mol. The minimum absolute atomic E-state index is 0.0232. The summed E-state index contributed by atoms with van der Waals surface area (Å²) >= 11 is 6.03. The van der Waals surface area contributed by atoms with Gasteiger partial charge in [-0.05, 0) is 55.5 Å². The van der Waals surface area contributed by atoms with E-state index in [1.165, 1.54) is 18.3 Å². The fourth-order valence-electron chi connectivity index (χ4n) is 4.07. The normalized spacial score (nSPS) is 13.6. The lowest BCUT2D eigenvalue weighted by Gasteiger charge is -2.30. The van der Waals surface area contributed by atoms with E-state index in [0.717, 1.165) is 24.8 Å². The van der Waals surface area contributed by atoms with E-state index in [1.54, 1.807) is 25.1 Å². The first-order valence-corrected chi connectivity index (χ1v) is 12.6. The van der Waals surface area contributed by atoms with Crippen molar-refractivity contribution in [2.24, 2.45) is 5.41 Å². The molecule has 37 heavy (non-hydrogen) atoms. The number of hydrogen-bond donors (Lipinski definition) is 3. The van der Waals surface area contributed by atoms with Crippen molar-refractivity contribution in [3.63, 3.8) is 0 Å². The highest BCUT2D eigenvalue weighted by atomic mass is 35.5. The zero-order valence-corrected chi connectivity index (χ0v) is 21.7. The largest absolute Gasteiger partial charge is 0.481 e. The molecule has 1 heterocycles. The van der Waals surface area contributed by atoms with Gasteiger partial charge < -0.3 is 15.2 Å². The maximum Gasteiger partial charge on any atom is 0.311 e. The summed E-state index contributed by atoms with van der Waals surface area (Å²) in [6.07, 6.45) is 4.69. The number of ether oxygens (including phenoxy) is 1. The Morgan fingerprint density at radius 2 is 1.97 bits per heavy atom. The van der Waals surface area contributed by atoms with Crippen LogP contribution in [-0.2, 0) is 16.0 Å². The molecule has 0 radical (unpaired) electrons. The molecule has 1 aromatic heterocycles. The van der Waals surface area contributed by atoms with E-state index in [1.807, 2.05) is 12.1 Å². The Labute approximate surface area is 220 Å². The van der Waals surface area contributed by atoms with E-state index in [4.69, 9.17) is 16.3 Å². The number of unbranched alkanes of at least 4 members (excludes halogenated alkanes) is 2. The summed E-state index contributed by atoms with van der Waals surface area (Å²) in [5, 5.41) is 23.2. The fraction of sp³-hybridized carbons (Fsp3) is 0.407. The van der Waals surface area contributed by atoms with E-state index in [-0.39, 0.29) is 24.5 Å². The Hall–Kier alpha value is -3.30. The Morgan fingerprint density at radius 3 is 2.62 bits per heavy atom. The van der Waals surface area contributed by atoms with E-state index in [2.05, 4.69) is 27.7 Å². The van der Waals surface area contributed by atoms with Crippen LogP contribution in [-0.4, -0.2) is 51.6 Å². The molecule has 3 rings (SSSR count). The number of amides is 1. The number of carbonyl (C=O) groups excluding carboxylic acids is 1. The maximum absolute atomic E-state index is 14.3. The summed E-state index contributed by atoms with van der Waals surface area (Å²) in [5.41, 5.74) is 0.756. The third kappa shape index (κ3) is 8.10. The van der Waals surface area contributed by atoms with Crippen molar-refractivity contribution in [2.45, 2.75) is 52.0 Å². The van der Waals surface area contributed by atoms with Crippen LogP contribution < -0.4 is 5.32 Å². The van der Waals surface area contributed by atoms with Gasteiger partial charge in [0.1, 0.15) is 5.82 Å². The Bertz CT molecular complexity index is 1170. The second kappa shape index (κ2) is 13.3. The maximum atomic E-state index is 14.3. The number of halogens is 2. The molecule has 198 valence electrons. The monoisotopic (exact) mass is 530 g/mol. The zero-order chi connectivity index (χ0) is 26.8. The molecular weight excluding hydrogens is 499 g/mol. The van der Waals surface area contributed by atoms with Crippen molar-refractivity contribution in [1.29, 1.82) is 0 Å². The van der Waals surface area contributed by atoms with E-state index in [9.17, 15) is 19.1 Å². The van der Waals surface area contributed by atoms with Crippen molar-refractivity contribution >= 4 is 23.5 Å². The average Bonchev–Trinajstić information content (AvgIpc) is 3.41. The molecule has 2 aromatic carbocycles. The van der Waals surface area contributed by atoms with Gasteiger partial charge >= 0.3 is 5.97 Å². The van der Waals surface area contributed by atoms with Crippen molar-refractivity contribution in [3.8, 4) is 11.1 Å². The highest BCUT2D eigenvalue weighted by Gasteiger charge is 2.37. The highest BCUT2D eigenvalue weighted by Crippen LogP contribution is 2.29. The number of carboxylic acid groups (broad SMARTS) is 1. The third-order valence-electron chi connectivity index (χ3n) is 6.18. The van der Waals surface area contributed by atoms with Gasteiger partial charge in [-0.3, -0.25) is 9.59 Å². The molecule has 0 aliphatic heterocycles. The number of benzene rings is 2. The molecule has 0 aliphatic carbocycles. The molecule has 0 saturated carbocycles. The number of H-pyrrole nitrogens is 1. The Kier molecular flexibility index (Phi) is 10.2. The number of aromatic amines is 1. The van der Waals surface area contributed by atoms with Crippen LogP contribution in [0.3, 0.4) is 0 Å². The predicted octanol–water partition coefficient (Wildman–Crippen LogP) is 5.29. The molecule has 2 unspecified atom stereocenters. The number of hydrogen-bond acceptors (Lipinski definition) is 5. The van der Waals surface area contributed by atoms with Crippen LogP contribution in [0.2, 0.25) is 5.02 Å². The molecule has 10 heteroatoms. The second-order valence-corrected chi connectivity index (χ2v) is 9.82. The SMILES string of the molecule is CCCCCOCC(C)(CC(Cc1ccc(-c2cc(Cl)ccc2F)cc1)NC(=O)c1cn[nH]n1)C(=O)O. The van der Waals surface area contributed by atoms with Gasteiger partial charge in [0.05, 0.1) is 18.2 Å². The topological polar surface area (TPSA) is 117 Å². The molecular formula is C27H32ClFN4O4. The summed E-state index contributed by atoms with van der Waals surface area (Å²) < 4.78 is 20.0. The third-order valence-corrected chi connectivity index (χ3v) is 6.42. The van der Waals surface area contributed by atoms with Crippen LogP contribution in [0.15, 0.2) is 48.7 Å². The first-order valence-electron chi connectivity index (χ1n) is 12.2. The van der Waals surface area contributed by atoms with Gasteiger partial charge in [-0.15, -0.1) is 0 Å². The number of nitrogens with zero attached hydrogens (tertiary/aromatic N) is 2. The summed E-state index contributed by atoms with van der Waals surface area (Å²) in [4.78, 5) is 25.0. The molecule has 0 fully saturated rings. The standard InChI is InChI=1S/C27H32ClFN4O4/c1-3-4-5-12-37-17-27(2,26(35)36)15-21(31-25(34)24-16-30-33-32-24)13-18-6-8-19(9-7-18)22-14-20(28)10-11-23(22)29/h6-11,14,16,21H,3-5,12-13,15,17H2,1-2H3,(H,31,34)(H,35,36)(H,30,32,33). The van der Waals surface area contributed by atoms with Gasteiger partial charge in [-0.25, -0.2) is 4.39 Å². The second-order valence-electron chi connectivity index (χ2n) is 9.38. The lowest BCUT2D eigenvalue weighted by Crippen LogP contribution is -2.44. The Balaban J connectivity index is 1.78. The van der Waals surface area contributed by atoms with Crippen molar-refractivity contribution in [1.82, 2.24) is 20.7 Å². The molecule has 3 aromatic rings. The summed E-state index contributed by atoms with van der Waals surface area (Å²) in [6, 6.07) is 11.0. The smallest absolute Gasteiger partial charge is 0.311 e. The fourth-order valence-corrected chi connectivity index (χ4v) is 4.24. The molecule has 0 saturated heterocycles. The summed E-state index contributed by atoms with van der Waals surface area (Å²) in [5.74, 6) is -1.85. The van der Waals surface area contributed by atoms with Gasteiger partial charge in [0.25, 0.3) is 5.91 Å². The lowest BCUT2D eigenvalue weighted by molar-refractivity contribution is -0.152. The summed E-state index contributed by atoms with van der Waals surface area (Å²) in [6.45, 7) is 4.21. The minimum atomic E-state index is -1.22. The molecule has 0 spiro atoms. The lowest BCUT2D eigenvalue weighted by atomic mass is 9.82. The van der Waals surface area contributed by atoms with Crippen LogP contribution in [0.1, 0.15) is 55.6 Å². The van der Waals surface area contributed by atoms with E-state index < -0.39 is 23.3 Å². The number of aliphatic carboxylic acids is 1.